The number of nitrogens with zero attached hydrogens (tertiary/aromatic N) is 1. The molecule has 0 radical (unpaired) electrons. The van der Waals surface area contributed by atoms with Gasteiger partial charge in [-0.15, -0.1) is 11.3 Å². The normalized spacial score (nSPS) is 11.4. The lowest BCUT2D eigenvalue weighted by molar-refractivity contribution is 0.103. The van der Waals surface area contributed by atoms with E-state index in [9.17, 15) is 4.79 Å². The third kappa shape index (κ3) is 3.68. The molecule has 5 rings (SSSR count). The Kier molecular flexibility index (Phi) is 5.15. The molecule has 31 heavy (non-hydrogen) atoms. The second kappa shape index (κ2) is 7.84. The van der Waals surface area contributed by atoms with E-state index in [1.54, 1.807) is 30.3 Å². The highest BCUT2D eigenvalue weighted by atomic mass is 35.5. The maximum absolute atomic E-state index is 13.0. The molecular weight excluding hydrogens is 475 g/mol. The first-order valence-electron chi connectivity index (χ1n) is 9.25. The van der Waals surface area contributed by atoms with Crippen molar-refractivity contribution in [1.29, 1.82) is 0 Å². The van der Waals surface area contributed by atoms with Crippen molar-refractivity contribution >= 4 is 78.9 Å². The summed E-state index contributed by atoms with van der Waals surface area (Å²) in [5.74, 6) is 0.173. The van der Waals surface area contributed by atoms with Gasteiger partial charge < -0.3 is 9.73 Å². The van der Waals surface area contributed by atoms with Crippen LogP contribution in [-0.4, -0.2) is 10.9 Å². The average molecular weight is 488 g/mol. The van der Waals surface area contributed by atoms with Gasteiger partial charge in [-0.25, -0.2) is 4.98 Å². The van der Waals surface area contributed by atoms with Crippen LogP contribution in [0.15, 0.2) is 59.0 Å². The molecule has 2 heterocycles. The Balaban J connectivity index is 1.50. The van der Waals surface area contributed by atoms with Gasteiger partial charge in [0, 0.05) is 31.4 Å². The Hall–Kier alpha value is -2.57. The number of hydrogen-bond acceptors (Lipinski definition) is 4. The van der Waals surface area contributed by atoms with E-state index < -0.39 is 0 Å². The van der Waals surface area contributed by atoms with Crippen molar-refractivity contribution in [2.24, 2.45) is 0 Å². The highest BCUT2D eigenvalue weighted by Gasteiger charge is 2.19. The summed E-state index contributed by atoms with van der Waals surface area (Å²) < 4.78 is 6.75. The van der Waals surface area contributed by atoms with Crippen LogP contribution in [0.1, 0.15) is 15.2 Å². The minimum Gasteiger partial charge on any atom is -0.436 e. The largest absolute Gasteiger partial charge is 0.436 e. The highest BCUT2D eigenvalue weighted by Crippen LogP contribution is 2.38. The van der Waals surface area contributed by atoms with Crippen LogP contribution in [0.5, 0.6) is 0 Å². The number of oxazole rings is 1. The van der Waals surface area contributed by atoms with Gasteiger partial charge in [0.1, 0.15) is 10.4 Å². The zero-order valence-corrected chi connectivity index (χ0v) is 19.1. The third-order valence-electron chi connectivity index (χ3n) is 4.96. The summed E-state index contributed by atoms with van der Waals surface area (Å²) in [5.41, 5.74) is 3.57. The molecular formula is C23H13Cl3N2O2S. The number of hydrogen-bond donors (Lipinski definition) is 1. The first kappa shape index (κ1) is 20.3. The molecule has 0 bridgehead atoms. The summed E-state index contributed by atoms with van der Waals surface area (Å²) in [4.78, 5) is 18.0. The van der Waals surface area contributed by atoms with E-state index in [-0.39, 0.29) is 5.91 Å². The number of rotatable bonds is 3. The molecule has 0 aliphatic heterocycles. The van der Waals surface area contributed by atoms with Crippen LogP contribution in [0.2, 0.25) is 15.1 Å². The van der Waals surface area contributed by atoms with Gasteiger partial charge >= 0.3 is 0 Å². The lowest BCUT2D eigenvalue weighted by Gasteiger charge is -2.10. The van der Waals surface area contributed by atoms with E-state index in [0.717, 1.165) is 21.2 Å². The first-order chi connectivity index (χ1) is 14.9. The van der Waals surface area contributed by atoms with Gasteiger partial charge in [-0.05, 0) is 55.0 Å². The minimum absolute atomic E-state index is 0.285. The Bertz CT molecular complexity index is 1490. The van der Waals surface area contributed by atoms with Crippen LogP contribution in [-0.2, 0) is 0 Å². The Morgan fingerprint density at radius 2 is 1.81 bits per heavy atom. The maximum Gasteiger partial charge on any atom is 0.267 e. The fourth-order valence-electron chi connectivity index (χ4n) is 3.38. The van der Waals surface area contributed by atoms with Crippen LogP contribution >= 0.6 is 46.1 Å². The summed E-state index contributed by atoms with van der Waals surface area (Å²) in [5, 5.41) is 5.36. The molecule has 8 heteroatoms. The van der Waals surface area contributed by atoms with Gasteiger partial charge in [0.2, 0.25) is 5.89 Å². The number of halogens is 3. The molecule has 0 unspecified atom stereocenters. The molecule has 154 valence electrons. The Morgan fingerprint density at radius 1 is 1.03 bits per heavy atom. The topological polar surface area (TPSA) is 55.1 Å². The van der Waals surface area contributed by atoms with Crippen molar-refractivity contribution in [3.8, 4) is 11.5 Å². The van der Waals surface area contributed by atoms with Gasteiger partial charge in [0.25, 0.3) is 5.91 Å². The number of thiophene rings is 1. The molecule has 1 amide bonds. The quantitative estimate of drug-likeness (QED) is 0.279. The smallest absolute Gasteiger partial charge is 0.267 e. The molecule has 0 spiro atoms. The van der Waals surface area contributed by atoms with Crippen molar-refractivity contribution in [2.75, 3.05) is 5.32 Å². The van der Waals surface area contributed by atoms with Gasteiger partial charge in [0.15, 0.2) is 5.58 Å². The summed E-state index contributed by atoms with van der Waals surface area (Å²) >= 11 is 19.9. The lowest BCUT2D eigenvalue weighted by atomic mass is 10.1. The molecule has 0 aliphatic carbocycles. The summed E-state index contributed by atoms with van der Waals surface area (Å²) in [6.45, 7) is 1.90. The number of anilines is 1. The van der Waals surface area contributed by atoms with E-state index in [1.165, 1.54) is 11.3 Å². The summed E-state index contributed by atoms with van der Waals surface area (Å²) in [7, 11) is 0. The number of nitrogens with one attached hydrogen (secondary N) is 1. The number of carbonyl (C=O) groups excluding carboxylic acids is 1. The summed E-state index contributed by atoms with van der Waals surface area (Å²) in [6, 6.07) is 16.2. The molecule has 1 N–H and O–H groups in total. The SMILES string of the molecule is Cc1c(NC(=O)c2sc3cc(Cl)ccc3c2Cl)cccc1-c1nc2cc(Cl)ccc2o1. The van der Waals surface area contributed by atoms with Gasteiger partial charge in [0.05, 0.1) is 5.02 Å². The molecule has 4 nitrogen and oxygen atoms in total. The third-order valence-corrected chi connectivity index (χ3v) is 7.09. The fraction of sp³-hybridized carbons (Fsp3) is 0.0435. The Morgan fingerprint density at radius 3 is 2.65 bits per heavy atom. The van der Waals surface area contributed by atoms with E-state index in [2.05, 4.69) is 10.3 Å². The van der Waals surface area contributed by atoms with Crippen LogP contribution < -0.4 is 5.32 Å². The van der Waals surface area contributed by atoms with Crippen LogP contribution in [0.4, 0.5) is 5.69 Å². The second-order valence-corrected chi connectivity index (χ2v) is 9.25. The minimum atomic E-state index is -0.285. The van der Waals surface area contributed by atoms with Crippen molar-refractivity contribution in [3.05, 3.63) is 80.1 Å². The molecule has 0 aliphatic rings. The fourth-order valence-corrected chi connectivity index (χ4v) is 5.24. The molecule has 0 saturated heterocycles. The maximum atomic E-state index is 13.0. The zero-order valence-electron chi connectivity index (χ0n) is 16.0. The van der Waals surface area contributed by atoms with Crippen LogP contribution in [0.3, 0.4) is 0 Å². The summed E-state index contributed by atoms with van der Waals surface area (Å²) in [6.07, 6.45) is 0. The Labute approximate surface area is 196 Å². The first-order valence-corrected chi connectivity index (χ1v) is 11.2. The standard InChI is InChI=1S/C23H13Cl3N2O2S/c1-11-14(23-28-17-9-12(24)6-8-18(17)30-23)3-2-4-16(11)27-22(29)21-20(26)15-7-5-13(25)10-19(15)31-21/h2-10H,1H3,(H,27,29). The van der Waals surface area contributed by atoms with Crippen LogP contribution in [0.25, 0.3) is 32.6 Å². The van der Waals surface area contributed by atoms with Crippen molar-refractivity contribution in [2.45, 2.75) is 6.92 Å². The molecule has 5 aromatic rings. The highest BCUT2D eigenvalue weighted by molar-refractivity contribution is 7.21. The van der Waals surface area contributed by atoms with E-state index in [0.29, 0.717) is 42.6 Å². The predicted molar refractivity (Wildman–Crippen MR) is 129 cm³/mol. The monoisotopic (exact) mass is 486 g/mol. The molecule has 0 saturated carbocycles. The molecule has 2 aromatic heterocycles. The van der Waals surface area contributed by atoms with Gasteiger partial charge in [-0.1, -0.05) is 46.9 Å². The number of fused-ring (bicyclic) bond motifs is 2. The van der Waals surface area contributed by atoms with Gasteiger partial charge in [-0.3, -0.25) is 4.79 Å². The van der Waals surface area contributed by atoms with Crippen molar-refractivity contribution < 1.29 is 9.21 Å². The van der Waals surface area contributed by atoms with Crippen LogP contribution in [0, 0.1) is 6.92 Å². The second-order valence-electron chi connectivity index (χ2n) is 6.95. The van der Waals surface area contributed by atoms with Gasteiger partial charge in [-0.2, -0.15) is 0 Å². The number of aromatic nitrogens is 1. The lowest BCUT2D eigenvalue weighted by Crippen LogP contribution is -2.12. The average Bonchev–Trinajstić information content (AvgIpc) is 3.30. The molecule has 0 atom stereocenters. The van der Waals surface area contributed by atoms with E-state index in [4.69, 9.17) is 39.2 Å². The zero-order chi connectivity index (χ0) is 21.7. The predicted octanol–water partition coefficient (Wildman–Crippen LogP) is 8.23. The molecule has 0 fully saturated rings. The van der Waals surface area contributed by atoms with E-state index >= 15 is 0 Å². The number of amides is 1. The number of carbonyl (C=O) groups is 1. The van der Waals surface area contributed by atoms with Crippen molar-refractivity contribution in [3.63, 3.8) is 0 Å². The van der Waals surface area contributed by atoms with Crippen molar-refractivity contribution in [1.82, 2.24) is 4.98 Å². The van der Waals surface area contributed by atoms with E-state index in [1.807, 2.05) is 31.2 Å². The number of benzene rings is 3. The molecule has 3 aromatic carbocycles.